The number of hydrogen-bond acceptors (Lipinski definition) is 4. The van der Waals surface area contributed by atoms with E-state index in [1.54, 1.807) is 0 Å². The second-order valence-electron chi connectivity index (χ2n) is 4.18. The molecule has 82 valence electrons. The fourth-order valence-electron chi connectivity index (χ4n) is 2.05. The van der Waals surface area contributed by atoms with Crippen LogP contribution in [0.1, 0.15) is 36.1 Å². The maximum absolute atomic E-state index is 9.03. The van der Waals surface area contributed by atoms with Gasteiger partial charge in [0.1, 0.15) is 11.4 Å². The lowest BCUT2D eigenvalue weighted by Gasteiger charge is -2.22. The first-order valence-electron chi connectivity index (χ1n) is 5.16. The van der Waals surface area contributed by atoms with Crippen LogP contribution in [0.2, 0.25) is 0 Å². The lowest BCUT2D eigenvalue weighted by atomic mass is 9.96. The second kappa shape index (κ2) is 3.54. The summed E-state index contributed by atoms with van der Waals surface area (Å²) < 4.78 is 5.72. The Morgan fingerprint density at radius 2 is 2.13 bits per heavy atom. The average molecular weight is 208 g/mol. The summed E-state index contributed by atoms with van der Waals surface area (Å²) in [6.07, 6.45) is 0.579. The van der Waals surface area contributed by atoms with Crippen LogP contribution in [0.15, 0.2) is 0 Å². The lowest BCUT2D eigenvalue weighted by Crippen LogP contribution is -2.24. The van der Waals surface area contributed by atoms with Crippen molar-refractivity contribution in [3.8, 4) is 0 Å². The summed E-state index contributed by atoms with van der Waals surface area (Å²) in [7, 11) is 0. The van der Waals surface area contributed by atoms with E-state index in [2.05, 4.69) is 9.97 Å². The summed E-state index contributed by atoms with van der Waals surface area (Å²) in [6, 6.07) is 0. The minimum absolute atomic E-state index is 0.109. The number of aryl methyl sites for hydroxylation is 2. The van der Waals surface area contributed by atoms with Crippen LogP contribution in [-0.4, -0.2) is 21.7 Å². The maximum Gasteiger partial charge on any atom is 0.125 e. The van der Waals surface area contributed by atoms with E-state index in [1.165, 1.54) is 0 Å². The van der Waals surface area contributed by atoms with Crippen LogP contribution in [0, 0.1) is 13.8 Å². The smallest absolute Gasteiger partial charge is 0.125 e. The summed E-state index contributed by atoms with van der Waals surface area (Å²) in [6.45, 7) is 6.49. The Morgan fingerprint density at radius 3 is 2.80 bits per heavy atom. The molecule has 1 aromatic rings. The molecule has 2 heterocycles. The number of aliphatic hydroxyl groups excluding tert-OH is 1. The summed E-state index contributed by atoms with van der Waals surface area (Å²) >= 11 is 0. The number of nitrogens with zero attached hydrogens (tertiary/aromatic N) is 2. The molecular weight excluding hydrogens is 192 g/mol. The normalized spacial score (nSPS) is 24.3. The van der Waals surface area contributed by atoms with Gasteiger partial charge < -0.3 is 9.84 Å². The Hall–Kier alpha value is -1.00. The molecule has 1 N–H and O–H groups in total. The molecule has 0 aromatic carbocycles. The van der Waals surface area contributed by atoms with Crippen molar-refractivity contribution in [2.45, 2.75) is 39.4 Å². The number of hydrogen-bond donors (Lipinski definition) is 1. The fourth-order valence-corrected chi connectivity index (χ4v) is 2.05. The van der Waals surface area contributed by atoms with Gasteiger partial charge in [0.05, 0.1) is 12.3 Å². The van der Waals surface area contributed by atoms with Crippen LogP contribution < -0.4 is 0 Å². The van der Waals surface area contributed by atoms with E-state index in [0.29, 0.717) is 13.0 Å². The molecule has 1 aliphatic rings. The van der Waals surface area contributed by atoms with Crippen molar-refractivity contribution in [3.05, 3.63) is 22.8 Å². The first-order chi connectivity index (χ1) is 7.07. The molecule has 4 nitrogen and oxygen atoms in total. The van der Waals surface area contributed by atoms with Crippen LogP contribution >= 0.6 is 0 Å². The van der Waals surface area contributed by atoms with Gasteiger partial charge in [-0.25, -0.2) is 9.97 Å². The van der Waals surface area contributed by atoms with E-state index in [0.717, 1.165) is 22.8 Å². The van der Waals surface area contributed by atoms with Gasteiger partial charge in [-0.3, -0.25) is 0 Å². The number of aromatic nitrogens is 2. The predicted molar refractivity (Wildman–Crippen MR) is 55.3 cm³/mol. The zero-order chi connectivity index (χ0) is 11.1. The third-order valence-corrected chi connectivity index (χ3v) is 2.95. The zero-order valence-corrected chi connectivity index (χ0v) is 9.37. The van der Waals surface area contributed by atoms with Crippen molar-refractivity contribution >= 4 is 0 Å². The van der Waals surface area contributed by atoms with Crippen molar-refractivity contribution in [2.24, 2.45) is 0 Å². The van der Waals surface area contributed by atoms with Gasteiger partial charge in [0, 0.05) is 24.3 Å². The molecule has 1 aliphatic heterocycles. The van der Waals surface area contributed by atoms with Gasteiger partial charge in [0.25, 0.3) is 0 Å². The molecular formula is C11H16N2O2. The summed E-state index contributed by atoms with van der Waals surface area (Å²) in [4.78, 5) is 8.76. The van der Waals surface area contributed by atoms with E-state index in [-0.39, 0.29) is 6.61 Å². The van der Waals surface area contributed by atoms with Gasteiger partial charge in [-0.15, -0.1) is 0 Å². The molecule has 0 bridgehead atoms. The molecule has 0 aliphatic carbocycles. The molecule has 0 spiro atoms. The van der Waals surface area contributed by atoms with Gasteiger partial charge in [-0.2, -0.15) is 0 Å². The van der Waals surface area contributed by atoms with Crippen LogP contribution in [0.25, 0.3) is 0 Å². The molecule has 4 heteroatoms. The molecule has 15 heavy (non-hydrogen) atoms. The van der Waals surface area contributed by atoms with Crippen molar-refractivity contribution in [1.29, 1.82) is 0 Å². The summed E-state index contributed by atoms with van der Waals surface area (Å²) in [5.41, 5.74) is 2.57. The Kier molecular flexibility index (Phi) is 2.48. The Labute approximate surface area is 89.3 Å². The molecule has 0 fully saturated rings. The van der Waals surface area contributed by atoms with E-state index in [9.17, 15) is 0 Å². The molecule has 0 saturated carbocycles. The summed E-state index contributed by atoms with van der Waals surface area (Å²) in [5, 5.41) is 9.03. The van der Waals surface area contributed by atoms with E-state index in [1.807, 2.05) is 20.8 Å². The SMILES string of the molecule is Cc1nc(C)c2c(n1)C(C)(CCO)OC2. The highest BCUT2D eigenvalue weighted by atomic mass is 16.5. The number of fused-ring (bicyclic) bond motifs is 1. The molecule has 1 aromatic heterocycles. The van der Waals surface area contributed by atoms with E-state index in [4.69, 9.17) is 9.84 Å². The van der Waals surface area contributed by atoms with E-state index >= 15 is 0 Å². The number of rotatable bonds is 2. The second-order valence-corrected chi connectivity index (χ2v) is 4.18. The minimum atomic E-state index is -0.442. The standard InChI is InChI=1S/C11H16N2O2/c1-7-9-6-15-11(3,4-5-14)10(9)13-8(2)12-7/h14H,4-6H2,1-3H3. The fraction of sp³-hybridized carbons (Fsp3) is 0.636. The highest BCUT2D eigenvalue weighted by Crippen LogP contribution is 2.38. The van der Waals surface area contributed by atoms with Gasteiger partial charge in [-0.05, 0) is 20.8 Å². The van der Waals surface area contributed by atoms with Gasteiger partial charge in [-0.1, -0.05) is 0 Å². The van der Waals surface area contributed by atoms with Crippen molar-refractivity contribution in [1.82, 2.24) is 9.97 Å². The third-order valence-electron chi connectivity index (χ3n) is 2.95. The molecule has 0 saturated heterocycles. The Morgan fingerprint density at radius 1 is 1.40 bits per heavy atom. The maximum atomic E-state index is 9.03. The molecule has 1 atom stereocenters. The predicted octanol–water partition coefficient (Wildman–Crippen LogP) is 1.22. The molecule has 0 radical (unpaired) electrons. The molecule has 2 rings (SSSR count). The molecule has 1 unspecified atom stereocenters. The zero-order valence-electron chi connectivity index (χ0n) is 9.37. The first kappa shape index (κ1) is 10.5. The van der Waals surface area contributed by atoms with Crippen LogP contribution in [0.4, 0.5) is 0 Å². The average Bonchev–Trinajstić information content (AvgIpc) is 2.45. The van der Waals surface area contributed by atoms with Crippen LogP contribution in [-0.2, 0) is 16.9 Å². The van der Waals surface area contributed by atoms with Crippen molar-refractivity contribution < 1.29 is 9.84 Å². The van der Waals surface area contributed by atoms with Crippen LogP contribution in [0.5, 0.6) is 0 Å². The van der Waals surface area contributed by atoms with E-state index < -0.39 is 5.60 Å². The quantitative estimate of drug-likeness (QED) is 0.794. The van der Waals surface area contributed by atoms with Gasteiger partial charge in [0.15, 0.2) is 0 Å². The highest BCUT2D eigenvalue weighted by molar-refractivity contribution is 5.32. The highest BCUT2D eigenvalue weighted by Gasteiger charge is 2.38. The van der Waals surface area contributed by atoms with Crippen molar-refractivity contribution in [2.75, 3.05) is 6.61 Å². The van der Waals surface area contributed by atoms with Crippen molar-refractivity contribution in [3.63, 3.8) is 0 Å². The van der Waals surface area contributed by atoms with Gasteiger partial charge >= 0.3 is 0 Å². The monoisotopic (exact) mass is 208 g/mol. The van der Waals surface area contributed by atoms with Gasteiger partial charge in [0.2, 0.25) is 0 Å². The van der Waals surface area contributed by atoms with Crippen LogP contribution in [0.3, 0.4) is 0 Å². The third kappa shape index (κ3) is 1.64. The first-order valence-corrected chi connectivity index (χ1v) is 5.16. The number of aliphatic hydroxyl groups is 1. The molecule has 0 amide bonds. The largest absolute Gasteiger partial charge is 0.396 e. The minimum Gasteiger partial charge on any atom is -0.396 e. The number of ether oxygens (including phenoxy) is 1. The Bertz CT molecular complexity index is 392. The topological polar surface area (TPSA) is 55.2 Å². The Balaban J connectivity index is 2.50. The summed E-state index contributed by atoms with van der Waals surface area (Å²) in [5.74, 6) is 0.765. The lowest BCUT2D eigenvalue weighted by molar-refractivity contribution is -0.0412.